The van der Waals surface area contributed by atoms with Crippen LogP contribution >= 0.6 is 11.6 Å². The molecule has 0 bridgehead atoms. The van der Waals surface area contributed by atoms with Gasteiger partial charge < -0.3 is 4.52 Å². The van der Waals surface area contributed by atoms with Crippen LogP contribution in [0.2, 0.25) is 5.02 Å². The highest BCUT2D eigenvalue weighted by Gasteiger charge is 2.31. The molecule has 7 heteroatoms. The van der Waals surface area contributed by atoms with Gasteiger partial charge in [-0.3, -0.25) is 0 Å². The van der Waals surface area contributed by atoms with E-state index in [0.29, 0.717) is 13.0 Å². The number of sulfonamides is 1. The Bertz CT molecular complexity index is 711. The predicted octanol–water partition coefficient (Wildman–Crippen LogP) is 2.08. The first-order valence-electron chi connectivity index (χ1n) is 5.76. The maximum Gasteiger partial charge on any atom is 0.244 e. The predicted molar refractivity (Wildman–Crippen MR) is 69.3 cm³/mol. The fourth-order valence-electron chi connectivity index (χ4n) is 2.11. The summed E-state index contributed by atoms with van der Waals surface area (Å²) in [5.74, 6) is 0.755. The zero-order chi connectivity index (χ0) is 13.5. The lowest BCUT2D eigenvalue weighted by molar-refractivity contribution is 0.331. The second-order valence-electron chi connectivity index (χ2n) is 4.29. The van der Waals surface area contributed by atoms with Crippen LogP contribution in [0.3, 0.4) is 0 Å². The Balaban J connectivity index is 1.97. The Hall–Kier alpha value is -1.37. The van der Waals surface area contributed by atoms with E-state index >= 15 is 0 Å². The summed E-state index contributed by atoms with van der Waals surface area (Å²) < 4.78 is 31.5. The van der Waals surface area contributed by atoms with E-state index in [9.17, 15) is 8.42 Å². The minimum absolute atomic E-state index is 0.136. The van der Waals surface area contributed by atoms with Crippen molar-refractivity contribution < 1.29 is 12.9 Å². The number of hydrogen-bond acceptors (Lipinski definition) is 4. The molecule has 0 spiro atoms. The molecule has 0 saturated heterocycles. The van der Waals surface area contributed by atoms with E-state index in [4.69, 9.17) is 16.1 Å². The molecule has 0 unspecified atom stereocenters. The zero-order valence-electron chi connectivity index (χ0n) is 9.91. The molecule has 1 aromatic carbocycles. The second kappa shape index (κ2) is 4.63. The molecule has 5 nitrogen and oxygen atoms in total. The highest BCUT2D eigenvalue weighted by atomic mass is 35.5. The molecule has 100 valence electrons. The van der Waals surface area contributed by atoms with Crippen molar-refractivity contribution in [2.45, 2.75) is 17.9 Å². The molecule has 0 radical (unpaired) electrons. The fourth-order valence-corrected chi connectivity index (χ4v) is 4.02. The first-order chi connectivity index (χ1) is 9.09. The van der Waals surface area contributed by atoms with Crippen LogP contribution in [0.15, 0.2) is 39.9 Å². The van der Waals surface area contributed by atoms with Crippen LogP contribution in [0.25, 0.3) is 0 Å². The molecule has 0 amide bonds. The molecule has 2 heterocycles. The van der Waals surface area contributed by atoms with Crippen molar-refractivity contribution in [3.8, 4) is 0 Å². The summed E-state index contributed by atoms with van der Waals surface area (Å²) in [4.78, 5) is 0.136. The number of hydrogen-bond donors (Lipinski definition) is 0. The van der Waals surface area contributed by atoms with E-state index in [1.807, 2.05) is 0 Å². The Morgan fingerprint density at radius 2 is 2.11 bits per heavy atom. The van der Waals surface area contributed by atoms with Crippen LogP contribution in [-0.4, -0.2) is 24.4 Å². The lowest BCUT2D eigenvalue weighted by Crippen LogP contribution is -2.35. The van der Waals surface area contributed by atoms with Gasteiger partial charge in [0.05, 0.1) is 11.2 Å². The summed E-state index contributed by atoms with van der Waals surface area (Å²) in [6.07, 6.45) is 2.09. The largest absolute Gasteiger partial charge is 0.361 e. The Kier molecular flexibility index (Phi) is 3.08. The summed E-state index contributed by atoms with van der Waals surface area (Å²) in [5.41, 5.74) is 0.807. The lowest BCUT2D eigenvalue weighted by Gasteiger charge is -2.25. The second-order valence-corrected chi connectivity index (χ2v) is 6.61. The molecule has 0 saturated carbocycles. The van der Waals surface area contributed by atoms with Crippen LogP contribution < -0.4 is 0 Å². The third-order valence-corrected chi connectivity index (χ3v) is 5.46. The third kappa shape index (κ3) is 2.16. The summed E-state index contributed by atoms with van der Waals surface area (Å²) >= 11 is 5.97. The van der Waals surface area contributed by atoms with Crippen LogP contribution in [0.5, 0.6) is 0 Å². The van der Waals surface area contributed by atoms with E-state index in [1.54, 1.807) is 24.4 Å². The number of fused-ring (bicyclic) bond motifs is 1. The molecular weight excluding hydrogens is 288 g/mol. The van der Waals surface area contributed by atoms with E-state index in [2.05, 4.69) is 5.16 Å². The first kappa shape index (κ1) is 12.7. The maximum absolute atomic E-state index is 12.5. The number of halogens is 1. The average molecular weight is 299 g/mol. The summed E-state index contributed by atoms with van der Waals surface area (Å²) in [6, 6.07) is 6.45. The Labute approximate surface area is 115 Å². The minimum atomic E-state index is -3.58. The smallest absolute Gasteiger partial charge is 0.244 e. The van der Waals surface area contributed by atoms with Gasteiger partial charge in [0.15, 0.2) is 0 Å². The van der Waals surface area contributed by atoms with Crippen molar-refractivity contribution >= 4 is 21.6 Å². The van der Waals surface area contributed by atoms with Gasteiger partial charge in [-0.1, -0.05) is 28.9 Å². The molecule has 1 aliphatic heterocycles. The van der Waals surface area contributed by atoms with E-state index in [1.165, 1.54) is 10.4 Å². The van der Waals surface area contributed by atoms with Gasteiger partial charge in [0.1, 0.15) is 10.7 Å². The van der Waals surface area contributed by atoms with Gasteiger partial charge in [0, 0.05) is 25.1 Å². The maximum atomic E-state index is 12.5. The summed E-state index contributed by atoms with van der Waals surface area (Å²) in [7, 11) is -3.58. The molecule has 19 heavy (non-hydrogen) atoms. The monoisotopic (exact) mass is 298 g/mol. The van der Waals surface area contributed by atoms with Crippen molar-refractivity contribution in [2.75, 3.05) is 6.54 Å². The molecule has 1 aromatic heterocycles. The van der Waals surface area contributed by atoms with Gasteiger partial charge in [-0.05, 0) is 12.1 Å². The van der Waals surface area contributed by atoms with Crippen molar-refractivity contribution in [1.82, 2.24) is 9.46 Å². The van der Waals surface area contributed by atoms with Gasteiger partial charge in [-0.25, -0.2) is 8.42 Å². The normalized spacial score (nSPS) is 16.3. The van der Waals surface area contributed by atoms with Crippen LogP contribution in [0, 0.1) is 0 Å². The Morgan fingerprint density at radius 1 is 1.32 bits per heavy atom. The zero-order valence-corrected chi connectivity index (χ0v) is 11.5. The fraction of sp³-hybridized carbons (Fsp3) is 0.250. The molecule has 3 rings (SSSR count). The van der Waals surface area contributed by atoms with Gasteiger partial charge in [0.25, 0.3) is 0 Å². The average Bonchev–Trinajstić information content (AvgIpc) is 2.86. The van der Waals surface area contributed by atoms with Crippen molar-refractivity contribution in [3.63, 3.8) is 0 Å². The minimum Gasteiger partial charge on any atom is -0.361 e. The third-order valence-electron chi connectivity index (χ3n) is 3.12. The van der Waals surface area contributed by atoms with Gasteiger partial charge in [-0.15, -0.1) is 0 Å². The molecule has 2 aromatic rings. The summed E-state index contributed by atoms with van der Waals surface area (Å²) in [6.45, 7) is 0.641. The highest BCUT2D eigenvalue weighted by Crippen LogP contribution is 2.28. The number of nitrogens with zero attached hydrogens (tertiary/aromatic N) is 2. The standard InChI is InChI=1S/C12H11ClN2O3S/c13-10-3-1-2-4-12(10)19(16,17)15-6-5-11-9(8-15)7-14-18-11/h1-4,7H,5-6,8H2. The summed E-state index contributed by atoms with van der Waals surface area (Å²) in [5, 5.41) is 3.92. The number of benzene rings is 1. The number of aromatic nitrogens is 1. The van der Waals surface area contributed by atoms with E-state index < -0.39 is 10.0 Å². The van der Waals surface area contributed by atoms with Gasteiger partial charge in [-0.2, -0.15) is 4.31 Å². The molecule has 0 N–H and O–H groups in total. The first-order valence-corrected chi connectivity index (χ1v) is 7.58. The SMILES string of the molecule is O=S(=O)(c1ccccc1Cl)N1CCc2oncc2C1. The van der Waals surface area contributed by atoms with E-state index in [-0.39, 0.29) is 16.5 Å². The molecule has 0 atom stereocenters. The molecule has 0 fully saturated rings. The van der Waals surface area contributed by atoms with Gasteiger partial charge >= 0.3 is 0 Å². The van der Waals surface area contributed by atoms with Crippen LogP contribution in [0.4, 0.5) is 0 Å². The number of rotatable bonds is 2. The van der Waals surface area contributed by atoms with Crippen LogP contribution in [-0.2, 0) is 23.0 Å². The molecule has 1 aliphatic rings. The highest BCUT2D eigenvalue weighted by molar-refractivity contribution is 7.89. The van der Waals surface area contributed by atoms with Crippen molar-refractivity contribution in [3.05, 3.63) is 46.8 Å². The van der Waals surface area contributed by atoms with Crippen molar-refractivity contribution in [1.29, 1.82) is 0 Å². The van der Waals surface area contributed by atoms with Crippen LogP contribution in [0.1, 0.15) is 11.3 Å². The Morgan fingerprint density at radius 3 is 2.89 bits per heavy atom. The molecular formula is C12H11ClN2O3S. The molecule has 0 aliphatic carbocycles. The van der Waals surface area contributed by atoms with E-state index in [0.717, 1.165) is 11.3 Å². The topological polar surface area (TPSA) is 63.4 Å². The van der Waals surface area contributed by atoms with Gasteiger partial charge in [0.2, 0.25) is 10.0 Å². The van der Waals surface area contributed by atoms with Crippen molar-refractivity contribution in [2.24, 2.45) is 0 Å². The quantitative estimate of drug-likeness (QED) is 0.851. The lowest BCUT2D eigenvalue weighted by atomic mass is 10.1.